The highest BCUT2D eigenvalue weighted by Gasteiger charge is 2.09. The molecular formula is C19H27N5O2. The Kier molecular flexibility index (Phi) is 7.20. The van der Waals surface area contributed by atoms with Crippen LogP contribution in [0.4, 0.5) is 16.6 Å². The van der Waals surface area contributed by atoms with Crippen LogP contribution in [0.3, 0.4) is 0 Å². The molecular weight excluding hydrogens is 330 g/mol. The maximum Gasteiger partial charge on any atom is 0.407 e. The van der Waals surface area contributed by atoms with Gasteiger partial charge in [-0.05, 0) is 31.4 Å². The molecule has 0 radical (unpaired) electrons. The molecule has 0 aliphatic carbocycles. The van der Waals surface area contributed by atoms with Gasteiger partial charge in [0.2, 0.25) is 5.95 Å². The van der Waals surface area contributed by atoms with Gasteiger partial charge in [0.05, 0.1) is 12.3 Å². The van der Waals surface area contributed by atoms with Crippen molar-refractivity contribution >= 4 is 17.9 Å². The van der Waals surface area contributed by atoms with Crippen LogP contribution in [0.2, 0.25) is 0 Å². The molecule has 26 heavy (non-hydrogen) atoms. The fourth-order valence-corrected chi connectivity index (χ4v) is 2.44. The van der Waals surface area contributed by atoms with Gasteiger partial charge in [-0.2, -0.15) is 4.98 Å². The molecule has 140 valence electrons. The normalized spacial score (nSPS) is 10.4. The number of hydrogen-bond acceptors (Lipinski definition) is 6. The van der Waals surface area contributed by atoms with Crippen LogP contribution in [0.1, 0.15) is 30.9 Å². The molecule has 7 nitrogen and oxygen atoms in total. The van der Waals surface area contributed by atoms with Gasteiger partial charge in [-0.25, -0.2) is 9.78 Å². The molecule has 0 aliphatic heterocycles. The smallest absolute Gasteiger partial charge is 0.407 e. The van der Waals surface area contributed by atoms with E-state index >= 15 is 0 Å². The van der Waals surface area contributed by atoms with Crippen molar-refractivity contribution in [2.45, 2.75) is 33.6 Å². The average molecular weight is 357 g/mol. The number of carbonyl (C=O) groups is 1. The number of aromatic nitrogens is 2. The van der Waals surface area contributed by atoms with Gasteiger partial charge in [0.25, 0.3) is 0 Å². The summed E-state index contributed by atoms with van der Waals surface area (Å²) >= 11 is 0. The van der Waals surface area contributed by atoms with E-state index in [0.717, 1.165) is 29.7 Å². The fraction of sp³-hybridized carbons (Fsp3) is 0.421. The molecule has 1 aromatic carbocycles. The predicted octanol–water partition coefficient (Wildman–Crippen LogP) is 3.28. The number of rotatable bonds is 8. The number of unbranched alkanes of at least 4 members (excludes halogenated alkanes) is 1. The number of benzene rings is 1. The van der Waals surface area contributed by atoms with Gasteiger partial charge in [0.1, 0.15) is 5.82 Å². The highest BCUT2D eigenvalue weighted by Crippen LogP contribution is 2.25. The van der Waals surface area contributed by atoms with Crippen molar-refractivity contribution in [1.82, 2.24) is 15.3 Å². The Hall–Kier alpha value is -2.83. The summed E-state index contributed by atoms with van der Waals surface area (Å²) in [4.78, 5) is 20.0. The van der Waals surface area contributed by atoms with E-state index in [2.05, 4.69) is 40.5 Å². The lowest BCUT2D eigenvalue weighted by Gasteiger charge is -2.12. The minimum absolute atomic E-state index is 0.206. The van der Waals surface area contributed by atoms with E-state index in [0.29, 0.717) is 25.5 Å². The Morgan fingerprint density at radius 1 is 1.23 bits per heavy atom. The largest absolute Gasteiger partial charge is 0.450 e. The number of carbonyl (C=O) groups excluding carboxylic acids is 1. The van der Waals surface area contributed by atoms with Crippen molar-refractivity contribution in [1.29, 1.82) is 0 Å². The number of anilines is 2. The number of nitrogen functional groups attached to an aromatic ring is 1. The van der Waals surface area contributed by atoms with Gasteiger partial charge < -0.3 is 21.1 Å². The van der Waals surface area contributed by atoms with Gasteiger partial charge in [0.15, 0.2) is 0 Å². The van der Waals surface area contributed by atoms with E-state index < -0.39 is 6.09 Å². The molecule has 0 atom stereocenters. The molecule has 0 bridgehead atoms. The summed E-state index contributed by atoms with van der Waals surface area (Å²) in [5, 5.41) is 5.84. The number of hydrogen-bond donors (Lipinski definition) is 3. The van der Waals surface area contributed by atoms with E-state index in [9.17, 15) is 4.79 Å². The van der Waals surface area contributed by atoms with Gasteiger partial charge in [0, 0.05) is 24.7 Å². The van der Waals surface area contributed by atoms with E-state index in [1.165, 1.54) is 5.56 Å². The minimum atomic E-state index is -0.404. The van der Waals surface area contributed by atoms with Crippen LogP contribution in [0.25, 0.3) is 11.3 Å². The Labute approximate surface area is 154 Å². The molecule has 0 aliphatic rings. The third kappa shape index (κ3) is 5.61. The second-order valence-electron chi connectivity index (χ2n) is 6.09. The van der Waals surface area contributed by atoms with Crippen LogP contribution in [-0.2, 0) is 4.74 Å². The molecule has 1 heterocycles. The maximum absolute atomic E-state index is 11.5. The summed E-state index contributed by atoms with van der Waals surface area (Å²) in [6, 6.07) is 7.93. The topological polar surface area (TPSA) is 102 Å². The summed E-state index contributed by atoms with van der Waals surface area (Å²) in [7, 11) is 0. The number of nitrogens with one attached hydrogen (secondary N) is 2. The maximum atomic E-state index is 11.5. The number of nitrogens with two attached hydrogens (primary N) is 1. The molecule has 1 amide bonds. The van der Waals surface area contributed by atoms with Gasteiger partial charge in [-0.15, -0.1) is 0 Å². The van der Waals surface area contributed by atoms with Crippen LogP contribution in [-0.4, -0.2) is 35.8 Å². The lowest BCUT2D eigenvalue weighted by molar-refractivity contribution is 0.145. The summed E-state index contributed by atoms with van der Waals surface area (Å²) < 4.78 is 5.03. The zero-order chi connectivity index (χ0) is 18.9. The molecule has 2 rings (SSSR count). The molecule has 0 spiro atoms. The molecule has 0 saturated carbocycles. The number of amides is 1. The second kappa shape index (κ2) is 9.60. The number of nitrogens with zero attached hydrogens (tertiary/aromatic N) is 2. The standard InChI is InChI=1S/C19H27N5O2/c1-4-5-11-26-19(25)22-10-9-21-17-12-16(23-18(20)24-17)15-8-6-7-13(2)14(15)3/h6-8,12H,4-5,9-11H2,1-3H3,(H,22,25)(H3,20,21,23,24). The van der Waals surface area contributed by atoms with E-state index in [1.54, 1.807) is 0 Å². The number of ether oxygens (including phenoxy) is 1. The van der Waals surface area contributed by atoms with Crippen molar-refractivity contribution in [3.05, 3.63) is 35.4 Å². The Balaban J connectivity index is 1.94. The Morgan fingerprint density at radius 2 is 2.04 bits per heavy atom. The molecule has 2 aromatic rings. The van der Waals surface area contributed by atoms with Crippen molar-refractivity contribution in [2.24, 2.45) is 0 Å². The first-order valence-electron chi connectivity index (χ1n) is 8.87. The average Bonchev–Trinajstić information content (AvgIpc) is 2.61. The van der Waals surface area contributed by atoms with E-state index in [-0.39, 0.29) is 5.95 Å². The van der Waals surface area contributed by atoms with Gasteiger partial charge in [-0.1, -0.05) is 31.5 Å². The van der Waals surface area contributed by atoms with Crippen molar-refractivity contribution < 1.29 is 9.53 Å². The molecule has 0 fully saturated rings. The number of aryl methyl sites for hydroxylation is 1. The molecule has 1 aromatic heterocycles. The lowest BCUT2D eigenvalue weighted by atomic mass is 10.0. The first-order chi connectivity index (χ1) is 12.5. The van der Waals surface area contributed by atoms with Crippen LogP contribution in [0.15, 0.2) is 24.3 Å². The third-order valence-corrected chi connectivity index (χ3v) is 4.06. The van der Waals surface area contributed by atoms with Crippen LogP contribution in [0, 0.1) is 13.8 Å². The summed E-state index contributed by atoms with van der Waals surface area (Å²) in [6.45, 7) is 7.54. The molecule has 4 N–H and O–H groups in total. The molecule has 0 unspecified atom stereocenters. The molecule has 0 saturated heterocycles. The zero-order valence-corrected chi connectivity index (χ0v) is 15.6. The SMILES string of the molecule is CCCCOC(=O)NCCNc1cc(-c2cccc(C)c2C)nc(N)n1. The van der Waals surface area contributed by atoms with Gasteiger partial charge >= 0.3 is 6.09 Å². The number of alkyl carbamates (subject to hydrolysis) is 1. The quantitative estimate of drug-likeness (QED) is 0.627. The van der Waals surface area contributed by atoms with Crippen LogP contribution < -0.4 is 16.4 Å². The first-order valence-corrected chi connectivity index (χ1v) is 8.87. The van der Waals surface area contributed by atoms with E-state index in [4.69, 9.17) is 10.5 Å². The predicted molar refractivity (Wildman–Crippen MR) is 104 cm³/mol. The summed E-state index contributed by atoms with van der Waals surface area (Å²) in [5.41, 5.74) is 10.0. The summed E-state index contributed by atoms with van der Waals surface area (Å²) in [5.74, 6) is 0.826. The van der Waals surface area contributed by atoms with E-state index in [1.807, 2.05) is 25.1 Å². The second-order valence-corrected chi connectivity index (χ2v) is 6.09. The highest BCUT2D eigenvalue weighted by molar-refractivity contribution is 5.69. The minimum Gasteiger partial charge on any atom is -0.450 e. The fourth-order valence-electron chi connectivity index (χ4n) is 2.44. The summed E-state index contributed by atoms with van der Waals surface area (Å²) in [6.07, 6.45) is 1.46. The van der Waals surface area contributed by atoms with Gasteiger partial charge in [-0.3, -0.25) is 0 Å². The van der Waals surface area contributed by atoms with Crippen molar-refractivity contribution in [2.75, 3.05) is 30.7 Å². The third-order valence-electron chi connectivity index (χ3n) is 4.06. The monoisotopic (exact) mass is 357 g/mol. The van der Waals surface area contributed by atoms with Crippen LogP contribution >= 0.6 is 0 Å². The first kappa shape index (κ1) is 19.5. The Morgan fingerprint density at radius 3 is 2.81 bits per heavy atom. The highest BCUT2D eigenvalue weighted by atomic mass is 16.5. The van der Waals surface area contributed by atoms with Crippen molar-refractivity contribution in [3.63, 3.8) is 0 Å². The zero-order valence-electron chi connectivity index (χ0n) is 15.6. The Bertz CT molecular complexity index is 749. The van der Waals surface area contributed by atoms with Crippen molar-refractivity contribution in [3.8, 4) is 11.3 Å². The lowest BCUT2D eigenvalue weighted by Crippen LogP contribution is -2.29. The van der Waals surface area contributed by atoms with Crippen LogP contribution in [0.5, 0.6) is 0 Å². The molecule has 7 heteroatoms.